The Labute approximate surface area is 90.3 Å². The Bertz CT molecular complexity index is 289. The molecule has 1 atom stereocenters. The van der Waals surface area contributed by atoms with Gasteiger partial charge in [-0.05, 0) is 19.9 Å². The molecule has 3 N–H and O–H groups in total. The highest BCUT2D eigenvalue weighted by Crippen LogP contribution is 2.32. The van der Waals surface area contributed by atoms with E-state index in [1.165, 1.54) is 0 Å². The number of phenols is 1. The van der Waals surface area contributed by atoms with Gasteiger partial charge in [0.15, 0.2) is 11.5 Å². The van der Waals surface area contributed by atoms with Crippen molar-refractivity contribution in [2.45, 2.75) is 19.9 Å². The third-order valence-corrected chi connectivity index (χ3v) is 1.82. The van der Waals surface area contributed by atoms with Gasteiger partial charge in [-0.1, -0.05) is 12.1 Å². The Hall–Kier alpha value is -0.930. The van der Waals surface area contributed by atoms with Crippen LogP contribution in [0.1, 0.15) is 25.5 Å². The molecule has 0 amide bonds. The molecule has 0 unspecified atom stereocenters. The fraction of sp³-hybridized carbons (Fsp3) is 0.400. The van der Waals surface area contributed by atoms with Crippen molar-refractivity contribution in [3.05, 3.63) is 23.8 Å². The molecular weight excluding hydrogens is 202 g/mol. The topological polar surface area (TPSA) is 55.5 Å². The van der Waals surface area contributed by atoms with Crippen molar-refractivity contribution in [3.63, 3.8) is 0 Å². The normalized spacial score (nSPS) is 11.6. The Balaban J connectivity index is 0.00000169. The Morgan fingerprint density at radius 2 is 2.14 bits per heavy atom. The number of hydrogen-bond donors (Lipinski definition) is 2. The molecule has 14 heavy (non-hydrogen) atoms. The summed E-state index contributed by atoms with van der Waals surface area (Å²) in [4.78, 5) is 0. The van der Waals surface area contributed by atoms with Gasteiger partial charge < -0.3 is 15.6 Å². The second kappa shape index (κ2) is 5.73. The lowest BCUT2D eigenvalue weighted by Crippen LogP contribution is -2.05. The maximum atomic E-state index is 9.69. The standard InChI is InChI=1S/C10H15NO2.ClH/c1-3-13-9-6-4-5-8(7(2)11)10(9)12;/h4-7,12H,3,11H2,1-2H3;1H/t7-;/m1./s1. The van der Waals surface area contributed by atoms with Crippen LogP contribution in [0.4, 0.5) is 0 Å². The van der Waals surface area contributed by atoms with Gasteiger partial charge in [0.2, 0.25) is 0 Å². The molecule has 0 bridgehead atoms. The van der Waals surface area contributed by atoms with Crippen LogP contribution in [-0.2, 0) is 0 Å². The van der Waals surface area contributed by atoms with Gasteiger partial charge in [0.1, 0.15) is 0 Å². The molecule has 4 heteroatoms. The largest absolute Gasteiger partial charge is 0.504 e. The molecule has 0 spiro atoms. The number of rotatable bonds is 3. The summed E-state index contributed by atoms with van der Waals surface area (Å²) in [6.45, 7) is 4.23. The third kappa shape index (κ3) is 2.79. The molecule has 3 nitrogen and oxygen atoms in total. The molecule has 0 aliphatic carbocycles. The number of para-hydroxylation sites is 1. The minimum Gasteiger partial charge on any atom is -0.504 e. The monoisotopic (exact) mass is 217 g/mol. The van der Waals surface area contributed by atoms with Crippen molar-refractivity contribution in [1.82, 2.24) is 0 Å². The fourth-order valence-corrected chi connectivity index (χ4v) is 1.18. The molecule has 0 aliphatic heterocycles. The highest BCUT2D eigenvalue weighted by atomic mass is 35.5. The highest BCUT2D eigenvalue weighted by Gasteiger charge is 2.10. The van der Waals surface area contributed by atoms with E-state index >= 15 is 0 Å². The van der Waals surface area contributed by atoms with Gasteiger partial charge in [0.25, 0.3) is 0 Å². The van der Waals surface area contributed by atoms with Gasteiger partial charge in [0, 0.05) is 11.6 Å². The summed E-state index contributed by atoms with van der Waals surface area (Å²) in [5.74, 6) is 0.650. The lowest BCUT2D eigenvalue weighted by atomic mass is 10.1. The van der Waals surface area contributed by atoms with E-state index in [-0.39, 0.29) is 24.2 Å². The van der Waals surface area contributed by atoms with E-state index in [0.29, 0.717) is 17.9 Å². The zero-order chi connectivity index (χ0) is 9.84. The smallest absolute Gasteiger partial charge is 0.162 e. The number of hydrogen-bond acceptors (Lipinski definition) is 3. The highest BCUT2D eigenvalue weighted by molar-refractivity contribution is 5.85. The van der Waals surface area contributed by atoms with E-state index in [4.69, 9.17) is 10.5 Å². The lowest BCUT2D eigenvalue weighted by molar-refractivity contribution is 0.316. The van der Waals surface area contributed by atoms with Gasteiger partial charge in [0.05, 0.1) is 6.61 Å². The summed E-state index contributed by atoms with van der Waals surface area (Å²) in [6, 6.07) is 5.16. The predicted molar refractivity (Wildman–Crippen MR) is 59.1 cm³/mol. The first kappa shape index (κ1) is 13.1. The van der Waals surface area contributed by atoms with E-state index < -0.39 is 0 Å². The number of benzene rings is 1. The molecule has 1 rings (SSSR count). The summed E-state index contributed by atoms with van der Waals surface area (Å²) in [5, 5.41) is 9.69. The number of halogens is 1. The van der Waals surface area contributed by atoms with Crippen LogP contribution in [0, 0.1) is 0 Å². The molecule has 1 aromatic rings. The predicted octanol–water partition coefficient (Wildman–Crippen LogP) is 2.23. The van der Waals surface area contributed by atoms with Gasteiger partial charge in [-0.25, -0.2) is 0 Å². The van der Waals surface area contributed by atoms with Crippen molar-refractivity contribution in [2.75, 3.05) is 6.61 Å². The minimum absolute atomic E-state index is 0. The van der Waals surface area contributed by atoms with Crippen LogP contribution < -0.4 is 10.5 Å². The number of aromatic hydroxyl groups is 1. The summed E-state index contributed by atoms with van der Waals surface area (Å²) in [6.07, 6.45) is 0. The van der Waals surface area contributed by atoms with E-state index in [9.17, 15) is 5.11 Å². The molecule has 0 aliphatic rings. The molecule has 1 aromatic carbocycles. The molecule has 0 saturated carbocycles. The Morgan fingerprint density at radius 3 is 2.64 bits per heavy atom. The second-order valence-electron chi connectivity index (χ2n) is 2.92. The SMILES string of the molecule is CCOc1cccc([C@@H](C)N)c1O.Cl. The van der Waals surface area contributed by atoms with Gasteiger partial charge in [-0.15, -0.1) is 12.4 Å². The Kier molecular flexibility index (Phi) is 5.35. The molecule has 0 radical (unpaired) electrons. The molecular formula is C10H16ClNO2. The van der Waals surface area contributed by atoms with Crippen molar-refractivity contribution < 1.29 is 9.84 Å². The number of ether oxygens (including phenoxy) is 1. The van der Waals surface area contributed by atoms with Crippen molar-refractivity contribution in [1.29, 1.82) is 0 Å². The lowest BCUT2D eigenvalue weighted by Gasteiger charge is -2.11. The van der Waals surface area contributed by atoms with E-state index in [0.717, 1.165) is 0 Å². The average molecular weight is 218 g/mol. The summed E-state index contributed by atoms with van der Waals surface area (Å²) in [7, 11) is 0. The van der Waals surface area contributed by atoms with Crippen LogP contribution in [0.3, 0.4) is 0 Å². The Morgan fingerprint density at radius 1 is 1.50 bits per heavy atom. The van der Waals surface area contributed by atoms with Gasteiger partial charge >= 0.3 is 0 Å². The van der Waals surface area contributed by atoms with Crippen LogP contribution in [0.15, 0.2) is 18.2 Å². The molecule has 0 heterocycles. The molecule has 0 fully saturated rings. The van der Waals surface area contributed by atoms with Crippen LogP contribution >= 0.6 is 12.4 Å². The van der Waals surface area contributed by atoms with Crippen molar-refractivity contribution in [3.8, 4) is 11.5 Å². The van der Waals surface area contributed by atoms with Gasteiger partial charge in [-0.3, -0.25) is 0 Å². The summed E-state index contributed by atoms with van der Waals surface area (Å²) in [5.41, 5.74) is 6.38. The number of phenolic OH excluding ortho intramolecular Hbond substituents is 1. The van der Waals surface area contributed by atoms with Crippen LogP contribution in [0.25, 0.3) is 0 Å². The van der Waals surface area contributed by atoms with Gasteiger partial charge in [-0.2, -0.15) is 0 Å². The maximum absolute atomic E-state index is 9.69. The maximum Gasteiger partial charge on any atom is 0.162 e. The zero-order valence-electron chi connectivity index (χ0n) is 8.36. The van der Waals surface area contributed by atoms with E-state index in [2.05, 4.69) is 0 Å². The minimum atomic E-state index is -0.180. The van der Waals surface area contributed by atoms with Crippen LogP contribution in [0.5, 0.6) is 11.5 Å². The third-order valence-electron chi connectivity index (χ3n) is 1.82. The summed E-state index contributed by atoms with van der Waals surface area (Å²) >= 11 is 0. The van der Waals surface area contributed by atoms with E-state index in [1.807, 2.05) is 19.9 Å². The molecule has 0 saturated heterocycles. The summed E-state index contributed by atoms with van der Waals surface area (Å²) < 4.78 is 5.22. The average Bonchev–Trinajstić information content (AvgIpc) is 2.08. The van der Waals surface area contributed by atoms with Crippen LogP contribution in [-0.4, -0.2) is 11.7 Å². The first-order valence-corrected chi connectivity index (χ1v) is 4.37. The van der Waals surface area contributed by atoms with Crippen molar-refractivity contribution in [2.24, 2.45) is 5.73 Å². The quantitative estimate of drug-likeness (QED) is 0.817. The molecule has 0 aromatic heterocycles. The molecule has 80 valence electrons. The first-order chi connectivity index (χ1) is 6.16. The number of nitrogens with two attached hydrogens (primary N) is 1. The van der Waals surface area contributed by atoms with E-state index in [1.54, 1.807) is 12.1 Å². The fourth-order valence-electron chi connectivity index (χ4n) is 1.18. The van der Waals surface area contributed by atoms with Crippen LogP contribution in [0.2, 0.25) is 0 Å². The second-order valence-corrected chi connectivity index (χ2v) is 2.92. The first-order valence-electron chi connectivity index (χ1n) is 4.37. The zero-order valence-corrected chi connectivity index (χ0v) is 9.17. The van der Waals surface area contributed by atoms with Crippen molar-refractivity contribution >= 4 is 12.4 Å².